The van der Waals surface area contributed by atoms with Crippen molar-refractivity contribution in [2.24, 2.45) is 0 Å². The molecule has 0 saturated heterocycles. The maximum absolute atomic E-state index is 5.82. The molecule has 0 amide bonds. The van der Waals surface area contributed by atoms with Gasteiger partial charge in [-0.05, 0) is 30.3 Å². The number of nitrogen functional groups attached to an aromatic ring is 1. The molecule has 0 bridgehead atoms. The van der Waals surface area contributed by atoms with Crippen LogP contribution >= 0.6 is 0 Å². The molecule has 2 heterocycles. The van der Waals surface area contributed by atoms with Gasteiger partial charge in [-0.3, -0.25) is 0 Å². The molecule has 0 saturated carbocycles. The molecule has 0 atom stereocenters. The Bertz CT molecular complexity index is 926. The molecule has 0 fully saturated rings. The second kappa shape index (κ2) is 4.03. The highest BCUT2D eigenvalue weighted by atomic mass is 15.3. The number of rotatable bonds is 1. The number of anilines is 1. The lowest BCUT2D eigenvalue weighted by Crippen LogP contribution is -1.99. The summed E-state index contributed by atoms with van der Waals surface area (Å²) < 4.78 is 1.76. The molecule has 20 heavy (non-hydrogen) atoms. The molecule has 96 valence electrons. The molecule has 0 spiro atoms. The molecule has 0 aliphatic carbocycles. The summed E-state index contributed by atoms with van der Waals surface area (Å²) in [4.78, 5) is 9.21. The minimum absolute atomic E-state index is 0.694. The highest BCUT2D eigenvalue weighted by molar-refractivity contribution is 5.84. The maximum Gasteiger partial charge on any atom is 0.182 e. The van der Waals surface area contributed by atoms with E-state index in [-0.39, 0.29) is 0 Å². The van der Waals surface area contributed by atoms with Crippen LogP contribution in [-0.4, -0.2) is 19.7 Å². The standard InChI is InChI=1S/C15H11N5/c16-10-4-3-5-11(8-10)20-15-14(9-17-20)18-12-6-1-2-7-13(12)19-15/h1-9H,16H2. The van der Waals surface area contributed by atoms with Crippen molar-refractivity contribution in [2.45, 2.75) is 0 Å². The zero-order valence-electron chi connectivity index (χ0n) is 10.6. The monoisotopic (exact) mass is 261 g/mol. The molecular formula is C15H11N5. The van der Waals surface area contributed by atoms with Gasteiger partial charge in [-0.1, -0.05) is 18.2 Å². The summed E-state index contributed by atoms with van der Waals surface area (Å²) in [5.41, 5.74) is 10.6. The molecular weight excluding hydrogens is 250 g/mol. The lowest BCUT2D eigenvalue weighted by molar-refractivity contribution is 0.899. The summed E-state index contributed by atoms with van der Waals surface area (Å²) in [6.45, 7) is 0. The minimum Gasteiger partial charge on any atom is -0.399 e. The zero-order chi connectivity index (χ0) is 13.5. The number of nitrogens with zero attached hydrogens (tertiary/aromatic N) is 4. The van der Waals surface area contributed by atoms with E-state index in [9.17, 15) is 0 Å². The number of hydrogen-bond donors (Lipinski definition) is 1. The third kappa shape index (κ3) is 1.60. The lowest BCUT2D eigenvalue weighted by atomic mass is 10.3. The van der Waals surface area contributed by atoms with Crippen molar-refractivity contribution in [3.63, 3.8) is 0 Å². The molecule has 4 rings (SSSR count). The smallest absolute Gasteiger partial charge is 0.182 e. The van der Waals surface area contributed by atoms with E-state index in [0.717, 1.165) is 27.9 Å². The van der Waals surface area contributed by atoms with Gasteiger partial charge in [-0.2, -0.15) is 5.10 Å². The van der Waals surface area contributed by atoms with E-state index in [1.165, 1.54) is 0 Å². The van der Waals surface area contributed by atoms with Gasteiger partial charge in [-0.15, -0.1) is 0 Å². The van der Waals surface area contributed by atoms with E-state index in [0.29, 0.717) is 5.69 Å². The normalized spacial score (nSPS) is 11.2. The number of para-hydroxylation sites is 2. The minimum atomic E-state index is 0.694. The van der Waals surface area contributed by atoms with E-state index < -0.39 is 0 Å². The van der Waals surface area contributed by atoms with Gasteiger partial charge < -0.3 is 5.73 Å². The van der Waals surface area contributed by atoms with Crippen LogP contribution in [0, 0.1) is 0 Å². The summed E-state index contributed by atoms with van der Waals surface area (Å²) in [7, 11) is 0. The number of nitrogens with two attached hydrogens (primary N) is 1. The Morgan fingerprint density at radius 3 is 2.45 bits per heavy atom. The van der Waals surface area contributed by atoms with E-state index in [4.69, 9.17) is 5.73 Å². The first kappa shape index (κ1) is 10.9. The Morgan fingerprint density at radius 1 is 0.850 bits per heavy atom. The van der Waals surface area contributed by atoms with Crippen molar-refractivity contribution in [3.8, 4) is 5.69 Å². The second-order valence-electron chi connectivity index (χ2n) is 4.57. The van der Waals surface area contributed by atoms with Crippen molar-refractivity contribution < 1.29 is 0 Å². The Morgan fingerprint density at radius 2 is 1.65 bits per heavy atom. The Kier molecular flexibility index (Phi) is 2.20. The molecule has 0 aliphatic rings. The maximum atomic E-state index is 5.82. The number of aromatic nitrogens is 4. The van der Waals surface area contributed by atoms with Crippen molar-refractivity contribution in [1.29, 1.82) is 0 Å². The van der Waals surface area contributed by atoms with E-state index in [1.54, 1.807) is 10.9 Å². The van der Waals surface area contributed by atoms with Crippen LogP contribution in [0.4, 0.5) is 5.69 Å². The van der Waals surface area contributed by atoms with E-state index in [2.05, 4.69) is 15.1 Å². The molecule has 2 aromatic carbocycles. The molecule has 5 nitrogen and oxygen atoms in total. The molecule has 2 aromatic heterocycles. The van der Waals surface area contributed by atoms with Gasteiger partial charge in [0.2, 0.25) is 0 Å². The van der Waals surface area contributed by atoms with Gasteiger partial charge >= 0.3 is 0 Å². The van der Waals surface area contributed by atoms with Crippen LogP contribution in [0.15, 0.2) is 54.7 Å². The SMILES string of the molecule is Nc1cccc(-n2ncc3nc4ccccc4nc32)c1. The first-order valence-corrected chi connectivity index (χ1v) is 6.28. The van der Waals surface area contributed by atoms with Crippen LogP contribution in [0.3, 0.4) is 0 Å². The Hall–Kier alpha value is -2.95. The molecule has 5 heteroatoms. The number of fused-ring (bicyclic) bond motifs is 2. The highest BCUT2D eigenvalue weighted by Gasteiger charge is 2.09. The fourth-order valence-corrected chi connectivity index (χ4v) is 2.26. The largest absolute Gasteiger partial charge is 0.399 e. The molecule has 0 unspecified atom stereocenters. The van der Waals surface area contributed by atoms with Crippen molar-refractivity contribution in [2.75, 3.05) is 5.73 Å². The fraction of sp³-hybridized carbons (Fsp3) is 0. The number of hydrogen-bond acceptors (Lipinski definition) is 4. The third-order valence-electron chi connectivity index (χ3n) is 3.19. The third-order valence-corrected chi connectivity index (χ3v) is 3.19. The average Bonchev–Trinajstić information content (AvgIpc) is 2.87. The van der Waals surface area contributed by atoms with Gasteiger partial charge in [-0.25, -0.2) is 14.6 Å². The van der Waals surface area contributed by atoms with Crippen molar-refractivity contribution in [3.05, 3.63) is 54.7 Å². The van der Waals surface area contributed by atoms with E-state index >= 15 is 0 Å². The fourth-order valence-electron chi connectivity index (χ4n) is 2.26. The van der Waals surface area contributed by atoms with Crippen molar-refractivity contribution >= 4 is 27.9 Å². The number of benzene rings is 2. The van der Waals surface area contributed by atoms with Gasteiger partial charge in [0.05, 0.1) is 22.9 Å². The summed E-state index contributed by atoms with van der Waals surface area (Å²) in [5.74, 6) is 0. The van der Waals surface area contributed by atoms with Gasteiger partial charge in [0.1, 0.15) is 5.52 Å². The van der Waals surface area contributed by atoms with Gasteiger partial charge in [0.15, 0.2) is 5.65 Å². The predicted octanol–water partition coefficient (Wildman–Crippen LogP) is 2.55. The predicted molar refractivity (Wildman–Crippen MR) is 78.6 cm³/mol. The molecule has 0 aliphatic heterocycles. The quantitative estimate of drug-likeness (QED) is 0.534. The summed E-state index contributed by atoms with van der Waals surface area (Å²) >= 11 is 0. The summed E-state index contributed by atoms with van der Waals surface area (Å²) in [5, 5.41) is 4.37. The first-order valence-electron chi connectivity index (χ1n) is 6.28. The molecule has 0 radical (unpaired) electrons. The molecule has 4 aromatic rings. The zero-order valence-corrected chi connectivity index (χ0v) is 10.6. The van der Waals surface area contributed by atoms with Crippen LogP contribution in [-0.2, 0) is 0 Å². The summed E-state index contributed by atoms with van der Waals surface area (Å²) in [6.07, 6.45) is 1.72. The second-order valence-corrected chi connectivity index (χ2v) is 4.57. The molecule has 2 N–H and O–H groups in total. The average molecular weight is 261 g/mol. The topological polar surface area (TPSA) is 69.6 Å². The Labute approximate surface area is 114 Å². The van der Waals surface area contributed by atoms with E-state index in [1.807, 2.05) is 48.5 Å². The van der Waals surface area contributed by atoms with Gasteiger partial charge in [0.25, 0.3) is 0 Å². The lowest BCUT2D eigenvalue weighted by Gasteiger charge is -2.04. The van der Waals surface area contributed by atoms with Crippen LogP contribution in [0.1, 0.15) is 0 Å². The van der Waals surface area contributed by atoms with Gasteiger partial charge in [0, 0.05) is 5.69 Å². The highest BCUT2D eigenvalue weighted by Crippen LogP contribution is 2.19. The van der Waals surface area contributed by atoms with Crippen LogP contribution in [0.2, 0.25) is 0 Å². The Balaban J connectivity index is 2.03. The summed E-state index contributed by atoms with van der Waals surface area (Å²) in [6, 6.07) is 15.3. The first-order chi connectivity index (χ1) is 9.81. The van der Waals surface area contributed by atoms with Crippen LogP contribution in [0.25, 0.3) is 27.9 Å². The van der Waals surface area contributed by atoms with Crippen LogP contribution < -0.4 is 5.73 Å². The van der Waals surface area contributed by atoms with Crippen molar-refractivity contribution in [1.82, 2.24) is 19.7 Å². The van der Waals surface area contributed by atoms with Crippen LogP contribution in [0.5, 0.6) is 0 Å².